The monoisotopic (exact) mass is 257 g/mol. The number of ether oxygens (including phenoxy) is 1. The van der Waals surface area contributed by atoms with Crippen molar-refractivity contribution in [2.75, 3.05) is 12.3 Å². The number of aromatic nitrogens is 1. The number of carbonyl (C=O) groups excluding carboxylic acids is 1. The van der Waals surface area contributed by atoms with E-state index in [9.17, 15) is 9.70 Å². The van der Waals surface area contributed by atoms with Gasteiger partial charge in [-0.25, -0.2) is 0 Å². The maximum atomic E-state index is 11.8. The summed E-state index contributed by atoms with van der Waals surface area (Å²) < 4.78 is 5.29. The maximum absolute atomic E-state index is 11.8. The first kappa shape index (κ1) is 12.7. The third-order valence-electron chi connectivity index (χ3n) is 2.48. The highest BCUT2D eigenvalue weighted by molar-refractivity contribution is 5.97. The Morgan fingerprint density at radius 3 is 2.84 bits per heavy atom. The van der Waals surface area contributed by atoms with Gasteiger partial charge in [-0.1, -0.05) is 6.07 Å². The number of nitrogen functional groups attached to an aromatic ring is 1. The van der Waals surface area contributed by atoms with Crippen LogP contribution >= 0.6 is 0 Å². The first-order valence-corrected chi connectivity index (χ1v) is 5.50. The van der Waals surface area contributed by atoms with E-state index in [1.165, 1.54) is 12.3 Å². The molecule has 2 aromatic rings. The third kappa shape index (κ3) is 2.92. The average Bonchev–Trinajstić information content (AvgIpc) is 2.47. The molecule has 19 heavy (non-hydrogen) atoms. The van der Waals surface area contributed by atoms with Crippen LogP contribution in [0.3, 0.4) is 0 Å². The summed E-state index contributed by atoms with van der Waals surface area (Å²) in [6.45, 7) is -0.182. The van der Waals surface area contributed by atoms with Crippen LogP contribution in [0.15, 0.2) is 47.9 Å². The van der Waals surface area contributed by atoms with E-state index in [0.29, 0.717) is 5.56 Å². The van der Waals surface area contributed by atoms with Crippen molar-refractivity contribution in [3.63, 3.8) is 0 Å². The molecule has 0 saturated heterocycles. The maximum Gasteiger partial charge on any atom is 0.201 e. The van der Waals surface area contributed by atoms with E-state index < -0.39 is 0 Å². The number of pyridine rings is 1. The Bertz CT molecular complexity index is 599. The lowest BCUT2D eigenvalue weighted by molar-refractivity contribution is 0.0922. The number of benzene rings is 1. The Hall–Kier alpha value is -2.76. The number of hydrogen-bond acceptors (Lipinski definition) is 6. The summed E-state index contributed by atoms with van der Waals surface area (Å²) in [5.41, 5.74) is 6.34. The number of hydrogen-bond donors (Lipinski definition) is 1. The molecule has 0 aliphatic rings. The van der Waals surface area contributed by atoms with Crippen molar-refractivity contribution in [1.82, 2.24) is 4.98 Å². The van der Waals surface area contributed by atoms with Crippen molar-refractivity contribution < 1.29 is 9.53 Å². The second-order valence-corrected chi connectivity index (χ2v) is 3.73. The molecule has 6 heteroatoms. The summed E-state index contributed by atoms with van der Waals surface area (Å²) in [5, 5.41) is 2.77. The zero-order valence-corrected chi connectivity index (χ0v) is 9.95. The second kappa shape index (κ2) is 5.72. The first-order valence-electron chi connectivity index (χ1n) is 5.50. The molecule has 0 aliphatic carbocycles. The topological polar surface area (TPSA) is 94.6 Å². The van der Waals surface area contributed by atoms with Crippen molar-refractivity contribution in [1.29, 1.82) is 0 Å². The van der Waals surface area contributed by atoms with Gasteiger partial charge in [0, 0.05) is 18.0 Å². The van der Waals surface area contributed by atoms with Gasteiger partial charge in [-0.05, 0) is 29.4 Å². The molecule has 6 nitrogen and oxygen atoms in total. The van der Waals surface area contributed by atoms with Crippen molar-refractivity contribution in [2.24, 2.45) is 5.18 Å². The smallest absolute Gasteiger partial charge is 0.201 e. The standard InChI is InChI=1S/C13H11N3O3/c14-13-10(16-18)4-1-5-12(13)19-8-11(17)9-3-2-6-15-7-9/h1-7H,8,14H2. The summed E-state index contributed by atoms with van der Waals surface area (Å²) in [6, 6.07) is 7.93. The Morgan fingerprint density at radius 1 is 1.32 bits per heavy atom. The first-order chi connectivity index (χ1) is 9.22. The fourth-order valence-electron chi connectivity index (χ4n) is 1.49. The summed E-state index contributed by atoms with van der Waals surface area (Å²) in [5.74, 6) is 0.0336. The number of nitrogens with two attached hydrogens (primary N) is 1. The van der Waals surface area contributed by atoms with E-state index in [4.69, 9.17) is 10.5 Å². The van der Waals surface area contributed by atoms with Gasteiger partial charge >= 0.3 is 0 Å². The van der Waals surface area contributed by atoms with Gasteiger partial charge in [0.05, 0.1) is 0 Å². The minimum Gasteiger partial charge on any atom is -0.483 e. The van der Waals surface area contributed by atoms with Gasteiger partial charge in [-0.15, -0.1) is 4.91 Å². The summed E-state index contributed by atoms with van der Waals surface area (Å²) in [4.78, 5) is 26.1. The SMILES string of the molecule is Nc1c(N=O)cccc1OCC(=O)c1cccnc1. The Balaban J connectivity index is 2.07. The van der Waals surface area contributed by atoms with Crippen LogP contribution < -0.4 is 10.5 Å². The highest BCUT2D eigenvalue weighted by Crippen LogP contribution is 2.31. The summed E-state index contributed by atoms with van der Waals surface area (Å²) in [6.07, 6.45) is 3.04. The van der Waals surface area contributed by atoms with Gasteiger partial charge < -0.3 is 10.5 Å². The van der Waals surface area contributed by atoms with Gasteiger partial charge in [0.2, 0.25) is 5.78 Å². The van der Waals surface area contributed by atoms with Crippen LogP contribution in [-0.2, 0) is 0 Å². The predicted octanol–water partition coefficient (Wildman–Crippen LogP) is 2.32. The van der Waals surface area contributed by atoms with Gasteiger partial charge in [0.15, 0.2) is 6.61 Å². The molecule has 96 valence electrons. The fraction of sp³-hybridized carbons (Fsp3) is 0.0769. The number of Topliss-reactive ketones (excluding diaryl/α,β-unsaturated/α-hetero) is 1. The third-order valence-corrected chi connectivity index (χ3v) is 2.48. The number of ketones is 1. The predicted molar refractivity (Wildman–Crippen MR) is 70.4 cm³/mol. The molecule has 0 unspecified atom stereocenters. The van der Waals surface area contributed by atoms with Crippen LogP contribution in [0.4, 0.5) is 11.4 Å². The minimum absolute atomic E-state index is 0.0892. The highest BCUT2D eigenvalue weighted by Gasteiger charge is 2.10. The van der Waals surface area contributed by atoms with Crippen LogP contribution in [0.25, 0.3) is 0 Å². The van der Waals surface area contributed by atoms with Gasteiger partial charge in [0.1, 0.15) is 17.1 Å². The van der Waals surface area contributed by atoms with Crippen LogP contribution in [0, 0.1) is 4.91 Å². The Morgan fingerprint density at radius 2 is 2.16 bits per heavy atom. The average molecular weight is 257 g/mol. The molecule has 2 N–H and O–H groups in total. The van der Waals surface area contributed by atoms with Crippen LogP contribution in [0.1, 0.15) is 10.4 Å². The number of anilines is 1. The molecular formula is C13H11N3O3. The molecule has 0 saturated carbocycles. The largest absolute Gasteiger partial charge is 0.483 e. The molecule has 0 spiro atoms. The van der Waals surface area contributed by atoms with Crippen molar-refractivity contribution in [3.05, 3.63) is 53.2 Å². The molecule has 0 atom stereocenters. The zero-order valence-electron chi connectivity index (χ0n) is 9.95. The fourth-order valence-corrected chi connectivity index (χ4v) is 1.49. The Labute approximate surface area is 109 Å². The molecule has 1 aromatic carbocycles. The lowest BCUT2D eigenvalue weighted by atomic mass is 10.2. The van der Waals surface area contributed by atoms with E-state index in [2.05, 4.69) is 10.2 Å². The van der Waals surface area contributed by atoms with Crippen molar-refractivity contribution in [3.8, 4) is 5.75 Å². The minimum atomic E-state index is -0.225. The molecule has 2 rings (SSSR count). The summed E-state index contributed by atoms with van der Waals surface area (Å²) >= 11 is 0. The van der Waals surface area contributed by atoms with Crippen LogP contribution in [0.5, 0.6) is 5.75 Å². The zero-order chi connectivity index (χ0) is 13.7. The van der Waals surface area contributed by atoms with E-state index in [1.807, 2.05) is 0 Å². The molecule has 1 aromatic heterocycles. The molecule has 0 amide bonds. The number of nitrogens with zero attached hydrogens (tertiary/aromatic N) is 2. The van der Waals surface area contributed by atoms with E-state index in [-0.39, 0.29) is 29.5 Å². The van der Waals surface area contributed by atoms with Gasteiger partial charge in [0.25, 0.3) is 0 Å². The lowest BCUT2D eigenvalue weighted by Crippen LogP contribution is -2.12. The van der Waals surface area contributed by atoms with Crippen molar-refractivity contribution >= 4 is 17.2 Å². The molecule has 0 aliphatic heterocycles. The molecule has 0 bridgehead atoms. The van der Waals surface area contributed by atoms with Gasteiger partial charge in [-0.2, -0.15) is 0 Å². The highest BCUT2D eigenvalue weighted by atomic mass is 16.5. The number of carbonyl (C=O) groups is 1. The number of nitroso groups, excluding NO2 is 1. The Kier molecular flexibility index (Phi) is 3.82. The lowest BCUT2D eigenvalue weighted by Gasteiger charge is -2.08. The van der Waals surface area contributed by atoms with Gasteiger partial charge in [-0.3, -0.25) is 9.78 Å². The summed E-state index contributed by atoms with van der Waals surface area (Å²) in [7, 11) is 0. The molecule has 0 radical (unpaired) electrons. The van der Waals surface area contributed by atoms with E-state index in [0.717, 1.165) is 0 Å². The van der Waals surface area contributed by atoms with E-state index >= 15 is 0 Å². The second-order valence-electron chi connectivity index (χ2n) is 3.73. The number of para-hydroxylation sites is 1. The van der Waals surface area contributed by atoms with E-state index in [1.54, 1.807) is 30.5 Å². The molecular weight excluding hydrogens is 246 g/mol. The molecule has 0 fully saturated rings. The van der Waals surface area contributed by atoms with Crippen LogP contribution in [0.2, 0.25) is 0 Å². The normalized spacial score (nSPS) is 9.89. The van der Waals surface area contributed by atoms with Crippen LogP contribution in [-0.4, -0.2) is 17.4 Å². The number of rotatable bonds is 5. The molecule has 1 heterocycles. The van der Waals surface area contributed by atoms with Crippen molar-refractivity contribution in [2.45, 2.75) is 0 Å². The quantitative estimate of drug-likeness (QED) is 0.504.